The molecule has 1 N–H and O–H groups in total. The molecule has 0 aliphatic carbocycles. The number of hydrogen-bond acceptors (Lipinski definition) is 2. The predicted molar refractivity (Wildman–Crippen MR) is 59.2 cm³/mol. The second kappa shape index (κ2) is 3.83. The molecule has 0 unspecified atom stereocenters. The second-order valence-corrected chi connectivity index (χ2v) is 4.18. The first-order chi connectivity index (χ1) is 7.09. The van der Waals surface area contributed by atoms with Gasteiger partial charge in [0.1, 0.15) is 12.2 Å². The van der Waals surface area contributed by atoms with Gasteiger partial charge in [-0.05, 0) is 28.1 Å². The van der Waals surface area contributed by atoms with Gasteiger partial charge in [-0.2, -0.15) is 0 Å². The molecule has 0 aromatic carbocycles. The maximum atomic E-state index is 10.6. The quantitative estimate of drug-likeness (QED) is 0.923. The van der Waals surface area contributed by atoms with E-state index >= 15 is 0 Å². The summed E-state index contributed by atoms with van der Waals surface area (Å²) in [5.41, 5.74) is 0.690. The average molecular weight is 290 g/mol. The van der Waals surface area contributed by atoms with Crippen molar-refractivity contribution in [3.63, 3.8) is 0 Å². The van der Waals surface area contributed by atoms with Gasteiger partial charge in [-0.3, -0.25) is 4.79 Å². The van der Waals surface area contributed by atoms with Crippen LogP contribution >= 0.6 is 27.5 Å². The highest BCUT2D eigenvalue weighted by atomic mass is 79.9. The molecule has 0 amide bonds. The Morgan fingerprint density at radius 3 is 3.07 bits per heavy atom. The van der Waals surface area contributed by atoms with E-state index in [-0.39, 0.29) is 6.42 Å². The lowest BCUT2D eigenvalue weighted by Gasteiger charge is -1.99. The van der Waals surface area contributed by atoms with Crippen molar-refractivity contribution in [2.45, 2.75) is 6.42 Å². The highest BCUT2D eigenvalue weighted by molar-refractivity contribution is 9.10. The maximum absolute atomic E-state index is 10.6. The Hall–Kier alpha value is -1.07. The molecule has 0 fully saturated rings. The van der Waals surface area contributed by atoms with Gasteiger partial charge in [0.25, 0.3) is 0 Å². The van der Waals surface area contributed by atoms with Crippen molar-refractivity contribution in [1.82, 2.24) is 9.38 Å². The number of aromatic nitrogens is 2. The van der Waals surface area contributed by atoms with Crippen LogP contribution in [-0.2, 0) is 11.2 Å². The monoisotopic (exact) mass is 288 g/mol. The summed E-state index contributed by atoms with van der Waals surface area (Å²) >= 11 is 9.25. The van der Waals surface area contributed by atoms with Crippen molar-refractivity contribution < 1.29 is 9.90 Å². The van der Waals surface area contributed by atoms with E-state index in [0.717, 1.165) is 4.47 Å². The fourth-order valence-electron chi connectivity index (χ4n) is 1.38. The van der Waals surface area contributed by atoms with E-state index in [1.54, 1.807) is 16.7 Å². The number of imidazole rings is 1. The van der Waals surface area contributed by atoms with Crippen molar-refractivity contribution in [2.24, 2.45) is 0 Å². The minimum atomic E-state index is -0.932. The predicted octanol–water partition coefficient (Wildman–Crippen LogP) is 2.38. The van der Waals surface area contributed by atoms with Crippen LogP contribution in [0.15, 0.2) is 22.8 Å². The van der Waals surface area contributed by atoms with Crippen LogP contribution in [-0.4, -0.2) is 20.5 Å². The van der Waals surface area contributed by atoms with E-state index in [4.69, 9.17) is 16.7 Å². The summed E-state index contributed by atoms with van der Waals surface area (Å²) in [6.45, 7) is 0. The van der Waals surface area contributed by atoms with Crippen LogP contribution in [0.25, 0.3) is 5.52 Å². The van der Waals surface area contributed by atoms with E-state index in [1.165, 1.54) is 0 Å². The topological polar surface area (TPSA) is 54.6 Å². The number of hydrogen-bond donors (Lipinski definition) is 1. The Kier molecular flexibility index (Phi) is 2.67. The molecule has 15 heavy (non-hydrogen) atoms. The summed E-state index contributed by atoms with van der Waals surface area (Å²) in [7, 11) is 0. The number of rotatable bonds is 2. The average Bonchev–Trinajstić information content (AvgIpc) is 2.44. The van der Waals surface area contributed by atoms with Gasteiger partial charge in [0.15, 0.2) is 5.15 Å². The van der Waals surface area contributed by atoms with Gasteiger partial charge < -0.3 is 9.51 Å². The van der Waals surface area contributed by atoms with Crippen molar-refractivity contribution in [2.75, 3.05) is 0 Å². The third kappa shape index (κ3) is 1.85. The van der Waals surface area contributed by atoms with Crippen molar-refractivity contribution >= 4 is 39.0 Å². The molecule has 4 nitrogen and oxygen atoms in total. The lowest BCUT2D eigenvalue weighted by Crippen LogP contribution is -2.04. The van der Waals surface area contributed by atoms with E-state index < -0.39 is 5.97 Å². The third-order valence-corrected chi connectivity index (χ3v) is 2.86. The standard InChI is InChI=1S/C9H6BrClN2O2/c10-5-2-1-3-13-6(4-7(14)15)12-9(11)8(5)13/h1-3H,4H2,(H,14,15). The molecule has 2 rings (SSSR count). The highest BCUT2D eigenvalue weighted by Gasteiger charge is 2.13. The van der Waals surface area contributed by atoms with Gasteiger partial charge in [-0.15, -0.1) is 0 Å². The summed E-state index contributed by atoms with van der Waals surface area (Å²) in [6, 6.07) is 3.62. The molecule has 0 radical (unpaired) electrons. The van der Waals surface area contributed by atoms with E-state index in [9.17, 15) is 4.79 Å². The summed E-state index contributed by atoms with van der Waals surface area (Å²) in [5, 5.41) is 9.00. The van der Waals surface area contributed by atoms with Crippen LogP contribution in [0.5, 0.6) is 0 Å². The third-order valence-electron chi connectivity index (χ3n) is 1.95. The van der Waals surface area contributed by atoms with Crippen LogP contribution in [0.4, 0.5) is 0 Å². The van der Waals surface area contributed by atoms with E-state index in [1.807, 2.05) is 6.07 Å². The molecule has 0 atom stereocenters. The number of aliphatic carboxylic acids is 1. The van der Waals surface area contributed by atoms with Gasteiger partial charge in [-0.1, -0.05) is 11.6 Å². The van der Waals surface area contributed by atoms with Crippen molar-refractivity contribution in [3.05, 3.63) is 33.8 Å². The van der Waals surface area contributed by atoms with Gasteiger partial charge >= 0.3 is 5.97 Å². The summed E-state index contributed by atoms with van der Waals surface area (Å²) in [6.07, 6.45) is 1.58. The van der Waals surface area contributed by atoms with Crippen LogP contribution in [0.3, 0.4) is 0 Å². The van der Waals surface area contributed by atoms with Gasteiger partial charge in [0.2, 0.25) is 0 Å². The number of carboxylic acid groups (broad SMARTS) is 1. The maximum Gasteiger partial charge on any atom is 0.311 e. The first kappa shape index (κ1) is 10.4. The minimum absolute atomic E-state index is 0.148. The highest BCUT2D eigenvalue weighted by Crippen LogP contribution is 2.26. The van der Waals surface area contributed by atoms with E-state index in [0.29, 0.717) is 16.5 Å². The van der Waals surface area contributed by atoms with Gasteiger partial charge in [0, 0.05) is 10.7 Å². The summed E-state index contributed by atoms with van der Waals surface area (Å²) in [4.78, 5) is 14.6. The molecule has 2 aromatic rings. The summed E-state index contributed by atoms with van der Waals surface area (Å²) < 4.78 is 2.46. The molecule has 6 heteroatoms. The number of carbonyl (C=O) groups is 1. The Morgan fingerprint density at radius 1 is 1.67 bits per heavy atom. The Labute approximate surface area is 98.6 Å². The number of pyridine rings is 1. The molecular formula is C9H6BrClN2O2. The zero-order valence-corrected chi connectivity index (χ0v) is 9.79. The first-order valence-corrected chi connectivity index (χ1v) is 5.29. The molecule has 0 spiro atoms. The SMILES string of the molecule is O=C(O)Cc1nc(Cl)c2c(Br)cccn12. The smallest absolute Gasteiger partial charge is 0.311 e. The van der Waals surface area contributed by atoms with Crippen molar-refractivity contribution in [1.29, 1.82) is 0 Å². The number of carboxylic acids is 1. The second-order valence-electron chi connectivity index (χ2n) is 2.96. The van der Waals surface area contributed by atoms with Crippen molar-refractivity contribution in [3.8, 4) is 0 Å². The lowest BCUT2D eigenvalue weighted by atomic mass is 10.4. The van der Waals surface area contributed by atoms with E-state index in [2.05, 4.69) is 20.9 Å². The normalized spacial score (nSPS) is 10.8. The number of nitrogens with zero attached hydrogens (tertiary/aromatic N) is 2. The Morgan fingerprint density at radius 2 is 2.40 bits per heavy atom. The van der Waals surface area contributed by atoms with Gasteiger partial charge in [0.05, 0.1) is 5.52 Å². The largest absolute Gasteiger partial charge is 0.481 e. The zero-order chi connectivity index (χ0) is 11.0. The summed E-state index contributed by atoms with van der Waals surface area (Å²) in [5.74, 6) is -0.512. The van der Waals surface area contributed by atoms with Gasteiger partial charge in [-0.25, -0.2) is 4.98 Å². The first-order valence-electron chi connectivity index (χ1n) is 4.12. The zero-order valence-electron chi connectivity index (χ0n) is 7.44. The Balaban J connectivity index is 2.68. The number of halogens is 2. The fraction of sp³-hybridized carbons (Fsp3) is 0.111. The molecule has 2 heterocycles. The molecule has 78 valence electrons. The van der Waals surface area contributed by atoms with Crippen LogP contribution in [0.1, 0.15) is 5.82 Å². The molecule has 0 aliphatic rings. The molecule has 0 saturated heterocycles. The van der Waals surface area contributed by atoms with Crippen LogP contribution in [0, 0.1) is 0 Å². The molecule has 0 aliphatic heterocycles. The number of fused-ring (bicyclic) bond motifs is 1. The molecular weight excluding hydrogens is 283 g/mol. The minimum Gasteiger partial charge on any atom is -0.481 e. The molecule has 0 saturated carbocycles. The lowest BCUT2D eigenvalue weighted by molar-refractivity contribution is -0.136. The van der Waals surface area contributed by atoms with Crippen LogP contribution in [0.2, 0.25) is 5.15 Å². The molecule has 0 bridgehead atoms. The Bertz CT molecular complexity index is 538. The van der Waals surface area contributed by atoms with Crippen LogP contribution < -0.4 is 0 Å². The molecule has 2 aromatic heterocycles. The fourth-order valence-corrected chi connectivity index (χ4v) is 2.31.